The molecular weight excluding hydrogens is 438 g/mol. The molecule has 0 bridgehead atoms. The predicted molar refractivity (Wildman–Crippen MR) is 133 cm³/mol. The van der Waals surface area contributed by atoms with Crippen LogP contribution in [0.5, 0.6) is 0 Å². The molecule has 0 spiro atoms. The Morgan fingerprint density at radius 2 is 1.15 bits per heavy atom. The highest BCUT2D eigenvalue weighted by molar-refractivity contribution is 5.78. The van der Waals surface area contributed by atoms with Crippen LogP contribution in [-0.4, -0.2) is 53.3 Å². The van der Waals surface area contributed by atoms with Gasteiger partial charge in [-0.3, -0.25) is 4.79 Å². The number of carbonyl (C=O) groups is 3. The standard InChI is InChI=1S/C25H47N3O6/c1-17(27-18(13-11-12-16-26)21(30)33-24(5,6)7)28-19(22(31)34-25(8,9)10)14-15-20(29)32-23(2,3)4/h18-19,27-28H,1,11-16,26H2,2-10H3. The number of unbranched alkanes of at least 4 members (excludes halogenated alkanes) is 1. The quantitative estimate of drug-likeness (QED) is 0.204. The lowest BCUT2D eigenvalue weighted by atomic mass is 10.1. The van der Waals surface area contributed by atoms with Crippen LogP contribution in [0.2, 0.25) is 0 Å². The molecule has 0 fully saturated rings. The van der Waals surface area contributed by atoms with E-state index in [0.29, 0.717) is 13.0 Å². The van der Waals surface area contributed by atoms with E-state index in [1.807, 2.05) is 0 Å². The fourth-order valence-corrected chi connectivity index (χ4v) is 2.85. The van der Waals surface area contributed by atoms with E-state index in [4.69, 9.17) is 19.9 Å². The van der Waals surface area contributed by atoms with Gasteiger partial charge in [0.1, 0.15) is 28.9 Å². The van der Waals surface area contributed by atoms with E-state index in [1.54, 1.807) is 62.3 Å². The fraction of sp³-hybridized carbons (Fsp3) is 0.800. The van der Waals surface area contributed by atoms with Gasteiger partial charge in [-0.25, -0.2) is 9.59 Å². The number of hydrogen-bond acceptors (Lipinski definition) is 9. The molecular formula is C25H47N3O6. The summed E-state index contributed by atoms with van der Waals surface area (Å²) >= 11 is 0. The van der Waals surface area contributed by atoms with E-state index >= 15 is 0 Å². The van der Waals surface area contributed by atoms with Gasteiger partial charge in [0.15, 0.2) is 0 Å². The van der Waals surface area contributed by atoms with Crippen LogP contribution in [0.15, 0.2) is 12.4 Å². The third-order valence-corrected chi connectivity index (χ3v) is 4.08. The summed E-state index contributed by atoms with van der Waals surface area (Å²) in [6.45, 7) is 20.5. The molecule has 0 rings (SSSR count). The van der Waals surface area contributed by atoms with Gasteiger partial charge in [0, 0.05) is 6.42 Å². The van der Waals surface area contributed by atoms with E-state index in [2.05, 4.69) is 17.2 Å². The zero-order valence-corrected chi connectivity index (χ0v) is 22.6. The maximum Gasteiger partial charge on any atom is 0.329 e. The van der Waals surface area contributed by atoms with Gasteiger partial charge in [-0.1, -0.05) is 6.58 Å². The van der Waals surface area contributed by atoms with Crippen molar-refractivity contribution in [2.75, 3.05) is 6.54 Å². The Kier molecular flexibility index (Phi) is 12.6. The Labute approximate surface area is 205 Å². The van der Waals surface area contributed by atoms with Gasteiger partial charge in [-0.05, 0) is 94.5 Å². The molecule has 0 aliphatic carbocycles. The first kappa shape index (κ1) is 31.7. The van der Waals surface area contributed by atoms with E-state index in [-0.39, 0.29) is 18.7 Å². The van der Waals surface area contributed by atoms with Crippen molar-refractivity contribution in [1.82, 2.24) is 10.6 Å². The second-order valence-corrected chi connectivity index (χ2v) is 11.3. The van der Waals surface area contributed by atoms with Gasteiger partial charge < -0.3 is 30.6 Å². The Balaban J connectivity index is 5.37. The number of nitrogens with two attached hydrogens (primary N) is 1. The van der Waals surface area contributed by atoms with Gasteiger partial charge in [-0.15, -0.1) is 0 Å². The lowest BCUT2D eigenvalue weighted by Gasteiger charge is -2.29. The molecule has 2 unspecified atom stereocenters. The highest BCUT2D eigenvalue weighted by Crippen LogP contribution is 2.15. The second-order valence-electron chi connectivity index (χ2n) is 11.3. The van der Waals surface area contributed by atoms with Gasteiger partial charge in [0.2, 0.25) is 0 Å². The van der Waals surface area contributed by atoms with Crippen LogP contribution in [0.25, 0.3) is 0 Å². The lowest BCUT2D eigenvalue weighted by Crippen LogP contribution is -2.48. The average molecular weight is 486 g/mol. The number of hydrogen-bond donors (Lipinski definition) is 3. The van der Waals surface area contributed by atoms with Gasteiger partial charge >= 0.3 is 17.9 Å². The topological polar surface area (TPSA) is 129 Å². The number of ether oxygens (including phenoxy) is 3. The van der Waals surface area contributed by atoms with Crippen molar-refractivity contribution < 1.29 is 28.6 Å². The summed E-state index contributed by atoms with van der Waals surface area (Å²) in [5.41, 5.74) is 3.60. The van der Waals surface area contributed by atoms with Crippen LogP contribution < -0.4 is 16.4 Å². The Morgan fingerprint density at radius 3 is 1.53 bits per heavy atom. The van der Waals surface area contributed by atoms with Crippen LogP contribution in [0.1, 0.15) is 94.4 Å². The van der Waals surface area contributed by atoms with Crippen molar-refractivity contribution in [3.63, 3.8) is 0 Å². The summed E-state index contributed by atoms with van der Waals surface area (Å²) in [5, 5.41) is 6.00. The molecule has 0 saturated carbocycles. The first-order valence-electron chi connectivity index (χ1n) is 11.9. The molecule has 0 aliphatic heterocycles. The molecule has 9 heteroatoms. The molecule has 0 saturated heterocycles. The highest BCUT2D eigenvalue weighted by atomic mass is 16.6. The molecule has 9 nitrogen and oxygen atoms in total. The molecule has 34 heavy (non-hydrogen) atoms. The fourth-order valence-electron chi connectivity index (χ4n) is 2.85. The molecule has 198 valence electrons. The van der Waals surface area contributed by atoms with Gasteiger partial charge in [-0.2, -0.15) is 0 Å². The van der Waals surface area contributed by atoms with E-state index < -0.39 is 46.8 Å². The smallest absolute Gasteiger partial charge is 0.329 e. The summed E-state index contributed by atoms with van der Waals surface area (Å²) in [6, 6.07) is -1.54. The number of esters is 3. The third kappa shape index (κ3) is 16.3. The van der Waals surface area contributed by atoms with Crippen LogP contribution >= 0.6 is 0 Å². The molecule has 4 N–H and O–H groups in total. The van der Waals surface area contributed by atoms with Crippen molar-refractivity contribution in [3.8, 4) is 0 Å². The monoisotopic (exact) mass is 485 g/mol. The number of rotatable bonds is 13. The van der Waals surface area contributed by atoms with Gasteiger partial charge in [0.25, 0.3) is 0 Å². The van der Waals surface area contributed by atoms with Crippen molar-refractivity contribution >= 4 is 17.9 Å². The maximum absolute atomic E-state index is 12.8. The molecule has 0 radical (unpaired) electrons. The lowest BCUT2D eigenvalue weighted by molar-refractivity contribution is -0.159. The molecule has 0 aromatic heterocycles. The zero-order valence-electron chi connectivity index (χ0n) is 22.6. The number of nitrogens with one attached hydrogen (secondary N) is 2. The van der Waals surface area contributed by atoms with Crippen LogP contribution in [0.4, 0.5) is 0 Å². The normalized spacial score (nSPS) is 13.9. The average Bonchev–Trinajstić information content (AvgIpc) is 2.60. The summed E-state index contributed by atoms with van der Waals surface area (Å²) in [5.74, 6) is -1.12. The van der Waals surface area contributed by atoms with E-state index in [9.17, 15) is 14.4 Å². The van der Waals surface area contributed by atoms with Crippen LogP contribution in [-0.2, 0) is 28.6 Å². The maximum atomic E-state index is 12.8. The third-order valence-electron chi connectivity index (χ3n) is 4.08. The zero-order chi connectivity index (χ0) is 26.7. The minimum Gasteiger partial charge on any atom is -0.460 e. The SMILES string of the molecule is C=C(NC(CCCCN)C(=O)OC(C)(C)C)NC(CCC(=O)OC(C)(C)C)C(=O)OC(C)(C)C. The Hall–Kier alpha value is -2.29. The summed E-state index contributed by atoms with van der Waals surface area (Å²) in [6.07, 6.45) is 2.11. The first-order chi connectivity index (χ1) is 15.3. The Morgan fingerprint density at radius 1 is 0.735 bits per heavy atom. The molecule has 0 heterocycles. The largest absolute Gasteiger partial charge is 0.460 e. The summed E-state index contributed by atoms with van der Waals surface area (Å²) in [4.78, 5) is 37.7. The summed E-state index contributed by atoms with van der Waals surface area (Å²) < 4.78 is 16.4. The van der Waals surface area contributed by atoms with Crippen molar-refractivity contribution in [1.29, 1.82) is 0 Å². The van der Waals surface area contributed by atoms with Crippen LogP contribution in [0, 0.1) is 0 Å². The molecule has 0 aromatic carbocycles. The minimum absolute atomic E-state index is 0.00739. The second kappa shape index (κ2) is 13.6. The molecule has 2 atom stereocenters. The molecule has 0 aliphatic rings. The predicted octanol–water partition coefficient (Wildman–Crippen LogP) is 3.31. The number of carbonyl (C=O) groups excluding carboxylic acids is 3. The molecule has 0 aromatic rings. The molecule has 0 amide bonds. The summed E-state index contributed by atoms with van der Waals surface area (Å²) in [7, 11) is 0. The first-order valence-corrected chi connectivity index (χ1v) is 11.9. The van der Waals surface area contributed by atoms with Crippen LogP contribution in [0.3, 0.4) is 0 Å². The van der Waals surface area contributed by atoms with Crippen molar-refractivity contribution in [2.24, 2.45) is 5.73 Å². The van der Waals surface area contributed by atoms with Crippen molar-refractivity contribution in [3.05, 3.63) is 12.4 Å². The van der Waals surface area contributed by atoms with E-state index in [1.165, 1.54) is 0 Å². The Bertz CT molecular complexity index is 686. The van der Waals surface area contributed by atoms with E-state index in [0.717, 1.165) is 12.8 Å². The van der Waals surface area contributed by atoms with Crippen molar-refractivity contribution in [2.45, 2.75) is 123 Å². The van der Waals surface area contributed by atoms with Gasteiger partial charge in [0.05, 0.1) is 5.82 Å². The minimum atomic E-state index is -0.866. The highest BCUT2D eigenvalue weighted by Gasteiger charge is 2.29.